The van der Waals surface area contributed by atoms with Crippen LogP contribution in [0.25, 0.3) is 0 Å². The Kier molecular flexibility index (Phi) is 7.43. The Balaban J connectivity index is 1.84. The standard InChI is InChI=1S/C21H22F3N7O3S/c1-3-35(33,34)31-14-6-7-26-15(9-14)10-27-19-17(21(22,23)24)11-28-20(30-19)29-13-4-5-16(18(25)32)12(2)8-13/h4-9,11H,3,10H2,1-2H3,(H2,25,32)(H,26,31)(H2,27,28,29,30). The number of benzene rings is 1. The van der Waals surface area contributed by atoms with E-state index in [1.165, 1.54) is 37.4 Å². The van der Waals surface area contributed by atoms with Crippen LogP contribution in [0.15, 0.2) is 42.7 Å². The monoisotopic (exact) mass is 509 g/mol. The Morgan fingerprint density at radius 2 is 1.86 bits per heavy atom. The summed E-state index contributed by atoms with van der Waals surface area (Å²) in [6, 6.07) is 7.41. The smallest absolute Gasteiger partial charge is 0.366 e. The Hall–Kier alpha value is -3.94. The molecule has 5 N–H and O–H groups in total. The second-order valence-corrected chi connectivity index (χ2v) is 9.38. The molecule has 14 heteroatoms. The first-order valence-electron chi connectivity index (χ1n) is 10.2. The maximum atomic E-state index is 13.5. The minimum atomic E-state index is -4.73. The molecule has 3 aromatic rings. The fourth-order valence-corrected chi connectivity index (χ4v) is 3.63. The van der Waals surface area contributed by atoms with Gasteiger partial charge in [-0.3, -0.25) is 14.5 Å². The number of carbonyl (C=O) groups excluding carboxylic acids is 1. The average molecular weight is 510 g/mol. The summed E-state index contributed by atoms with van der Waals surface area (Å²) in [7, 11) is -3.53. The van der Waals surface area contributed by atoms with E-state index in [0.717, 1.165) is 0 Å². The number of carbonyl (C=O) groups is 1. The number of anilines is 4. The lowest BCUT2D eigenvalue weighted by atomic mass is 10.1. The van der Waals surface area contributed by atoms with Crippen molar-refractivity contribution in [2.24, 2.45) is 5.73 Å². The molecule has 186 valence electrons. The second-order valence-electron chi connectivity index (χ2n) is 7.37. The molecule has 0 unspecified atom stereocenters. The molecule has 0 saturated carbocycles. The van der Waals surface area contributed by atoms with Gasteiger partial charge in [-0.1, -0.05) is 0 Å². The lowest BCUT2D eigenvalue weighted by molar-refractivity contribution is -0.137. The van der Waals surface area contributed by atoms with Crippen LogP contribution in [0.4, 0.5) is 36.3 Å². The summed E-state index contributed by atoms with van der Waals surface area (Å²) >= 11 is 0. The third-order valence-electron chi connectivity index (χ3n) is 4.75. The quantitative estimate of drug-likeness (QED) is 0.342. The van der Waals surface area contributed by atoms with E-state index in [2.05, 4.69) is 30.3 Å². The molecule has 10 nitrogen and oxygen atoms in total. The molecule has 2 heterocycles. The van der Waals surface area contributed by atoms with Crippen molar-refractivity contribution < 1.29 is 26.4 Å². The number of sulfonamides is 1. The predicted molar refractivity (Wildman–Crippen MR) is 125 cm³/mol. The number of primary amides is 1. The maximum absolute atomic E-state index is 13.5. The summed E-state index contributed by atoms with van der Waals surface area (Å²) < 4.78 is 66.4. The van der Waals surface area contributed by atoms with E-state index in [1.54, 1.807) is 13.0 Å². The van der Waals surface area contributed by atoms with E-state index in [-0.39, 0.29) is 29.6 Å². The van der Waals surface area contributed by atoms with Crippen molar-refractivity contribution in [3.8, 4) is 0 Å². The maximum Gasteiger partial charge on any atom is 0.421 e. The van der Waals surface area contributed by atoms with Crippen molar-refractivity contribution >= 4 is 39.1 Å². The van der Waals surface area contributed by atoms with E-state index in [1.807, 2.05) is 0 Å². The molecule has 0 spiro atoms. The molecule has 0 aliphatic heterocycles. The molecule has 1 amide bonds. The molecule has 35 heavy (non-hydrogen) atoms. The van der Waals surface area contributed by atoms with Crippen LogP contribution in [-0.4, -0.2) is 35.0 Å². The SMILES string of the molecule is CCS(=O)(=O)Nc1ccnc(CNc2nc(Nc3ccc(C(N)=O)c(C)c3)ncc2C(F)(F)F)c1. The topological polar surface area (TPSA) is 152 Å². The van der Waals surface area contributed by atoms with Gasteiger partial charge >= 0.3 is 6.18 Å². The van der Waals surface area contributed by atoms with E-state index < -0.39 is 33.5 Å². The zero-order chi connectivity index (χ0) is 25.8. The van der Waals surface area contributed by atoms with E-state index in [4.69, 9.17) is 5.73 Å². The van der Waals surface area contributed by atoms with Crippen LogP contribution in [0.3, 0.4) is 0 Å². The Morgan fingerprint density at radius 1 is 1.11 bits per heavy atom. The van der Waals surface area contributed by atoms with Gasteiger partial charge in [-0.2, -0.15) is 18.2 Å². The summed E-state index contributed by atoms with van der Waals surface area (Å²) in [4.78, 5) is 23.1. The molecule has 3 rings (SSSR count). The van der Waals surface area contributed by atoms with Gasteiger partial charge in [0.25, 0.3) is 0 Å². The number of aryl methyl sites for hydroxylation is 1. The number of hydrogen-bond acceptors (Lipinski definition) is 8. The van der Waals surface area contributed by atoms with Crippen LogP contribution < -0.4 is 21.1 Å². The fourth-order valence-electron chi connectivity index (χ4n) is 3.00. The van der Waals surface area contributed by atoms with Crippen LogP contribution >= 0.6 is 0 Å². The minimum Gasteiger partial charge on any atom is -0.366 e. The molecular weight excluding hydrogens is 487 g/mol. The molecular formula is C21H22F3N7O3S. The first-order valence-corrected chi connectivity index (χ1v) is 11.8. The molecule has 0 bridgehead atoms. The number of amides is 1. The average Bonchev–Trinajstić information content (AvgIpc) is 2.77. The Labute approximate surface area is 199 Å². The lowest BCUT2D eigenvalue weighted by Crippen LogP contribution is -2.16. The molecule has 0 saturated heterocycles. The van der Waals surface area contributed by atoms with Gasteiger partial charge in [-0.25, -0.2) is 13.4 Å². The van der Waals surface area contributed by atoms with Crippen LogP contribution in [-0.2, 0) is 22.7 Å². The van der Waals surface area contributed by atoms with Crippen molar-refractivity contribution in [3.05, 3.63) is 65.1 Å². The number of alkyl halides is 3. The van der Waals surface area contributed by atoms with Crippen molar-refractivity contribution in [1.82, 2.24) is 15.0 Å². The highest BCUT2D eigenvalue weighted by molar-refractivity contribution is 7.92. The largest absolute Gasteiger partial charge is 0.421 e. The number of nitrogens with one attached hydrogen (secondary N) is 3. The van der Waals surface area contributed by atoms with Crippen LogP contribution in [0, 0.1) is 6.92 Å². The Bertz CT molecular complexity index is 1350. The molecule has 0 aliphatic rings. The third kappa shape index (κ3) is 6.79. The summed E-state index contributed by atoms with van der Waals surface area (Å²) in [6.45, 7) is 2.96. The van der Waals surface area contributed by atoms with Gasteiger partial charge in [-0.05, 0) is 49.7 Å². The van der Waals surface area contributed by atoms with Gasteiger partial charge in [0.2, 0.25) is 21.9 Å². The zero-order valence-electron chi connectivity index (χ0n) is 18.6. The molecule has 0 atom stereocenters. The number of aromatic nitrogens is 3. The van der Waals surface area contributed by atoms with Crippen molar-refractivity contribution in [2.45, 2.75) is 26.6 Å². The summed E-state index contributed by atoms with van der Waals surface area (Å²) in [5.74, 6) is -1.36. The van der Waals surface area contributed by atoms with Crippen molar-refractivity contribution in [2.75, 3.05) is 21.1 Å². The molecule has 1 aromatic carbocycles. The molecule has 0 fully saturated rings. The molecule has 0 aliphatic carbocycles. The number of halogens is 3. The number of hydrogen-bond donors (Lipinski definition) is 4. The highest BCUT2D eigenvalue weighted by atomic mass is 32.2. The fraction of sp³-hybridized carbons (Fsp3) is 0.238. The van der Waals surface area contributed by atoms with Gasteiger partial charge in [0, 0.05) is 23.6 Å². The number of rotatable bonds is 9. The Morgan fingerprint density at radius 3 is 2.49 bits per heavy atom. The highest BCUT2D eigenvalue weighted by Gasteiger charge is 2.35. The van der Waals surface area contributed by atoms with Gasteiger partial charge < -0.3 is 16.4 Å². The van der Waals surface area contributed by atoms with Crippen LogP contribution in [0.2, 0.25) is 0 Å². The first-order chi connectivity index (χ1) is 16.4. The summed E-state index contributed by atoms with van der Waals surface area (Å²) in [6.07, 6.45) is -2.76. The van der Waals surface area contributed by atoms with E-state index >= 15 is 0 Å². The number of nitrogens with two attached hydrogens (primary N) is 1. The first kappa shape index (κ1) is 25.7. The lowest BCUT2D eigenvalue weighted by Gasteiger charge is -2.15. The van der Waals surface area contributed by atoms with E-state index in [9.17, 15) is 26.4 Å². The predicted octanol–water partition coefficient (Wildman–Crippen LogP) is 3.42. The summed E-state index contributed by atoms with van der Waals surface area (Å²) in [5, 5.41) is 5.39. The normalized spacial score (nSPS) is 11.7. The van der Waals surface area contributed by atoms with Gasteiger partial charge in [-0.15, -0.1) is 0 Å². The molecule has 0 radical (unpaired) electrons. The summed E-state index contributed by atoms with van der Waals surface area (Å²) in [5.41, 5.74) is 6.02. The van der Waals surface area contributed by atoms with Gasteiger partial charge in [0.15, 0.2) is 0 Å². The van der Waals surface area contributed by atoms with Crippen LogP contribution in [0.5, 0.6) is 0 Å². The minimum absolute atomic E-state index is 0.121. The zero-order valence-corrected chi connectivity index (χ0v) is 19.5. The van der Waals surface area contributed by atoms with Gasteiger partial charge in [0.1, 0.15) is 11.4 Å². The second kappa shape index (κ2) is 10.1. The van der Waals surface area contributed by atoms with Gasteiger partial charge in [0.05, 0.1) is 23.7 Å². The third-order valence-corrected chi connectivity index (χ3v) is 6.06. The van der Waals surface area contributed by atoms with Crippen molar-refractivity contribution in [1.29, 1.82) is 0 Å². The van der Waals surface area contributed by atoms with E-state index in [0.29, 0.717) is 23.0 Å². The van der Waals surface area contributed by atoms with Crippen LogP contribution in [0.1, 0.15) is 34.1 Å². The molecule has 2 aromatic heterocycles. The highest BCUT2D eigenvalue weighted by Crippen LogP contribution is 2.34. The number of pyridine rings is 1. The van der Waals surface area contributed by atoms with Crippen molar-refractivity contribution in [3.63, 3.8) is 0 Å². The number of nitrogens with zero attached hydrogens (tertiary/aromatic N) is 3.